The minimum Gasteiger partial charge on any atom is -0.495 e. The van der Waals surface area contributed by atoms with Crippen LogP contribution in [0.4, 0.5) is 5.13 Å². The molecular weight excluding hydrogens is 422 g/mol. The molecule has 126 valence electrons. The van der Waals surface area contributed by atoms with E-state index in [9.17, 15) is 8.42 Å². The first-order chi connectivity index (χ1) is 10.8. The maximum Gasteiger partial charge on any atom is 0.267 e. The lowest BCUT2D eigenvalue weighted by molar-refractivity contribution is 0.403. The van der Waals surface area contributed by atoms with E-state index in [4.69, 9.17) is 4.74 Å². The zero-order chi connectivity index (χ0) is 17.0. The molecule has 0 aliphatic carbocycles. The molecule has 10 heteroatoms. The lowest BCUT2D eigenvalue weighted by Gasteiger charge is -2.10. The van der Waals surface area contributed by atoms with E-state index in [-0.39, 0.29) is 15.8 Å². The highest BCUT2D eigenvalue weighted by Gasteiger charge is 2.22. The van der Waals surface area contributed by atoms with Gasteiger partial charge in [0.25, 0.3) is 10.0 Å². The monoisotopic (exact) mass is 437 g/mol. The second-order valence-electron chi connectivity index (χ2n) is 4.98. The minimum absolute atomic E-state index is 0.0426. The van der Waals surface area contributed by atoms with Gasteiger partial charge in [-0.3, -0.25) is 4.72 Å². The molecule has 0 aliphatic heterocycles. The van der Waals surface area contributed by atoms with Gasteiger partial charge in [-0.1, -0.05) is 52.9 Å². The zero-order valence-corrected chi connectivity index (χ0v) is 16.8. The number of aromatic nitrogens is 2. The Morgan fingerprint density at radius 1 is 1.39 bits per heavy atom. The first kappa shape index (κ1) is 18.5. The van der Waals surface area contributed by atoms with Gasteiger partial charge in [-0.25, -0.2) is 8.42 Å². The molecule has 0 amide bonds. The molecule has 0 bridgehead atoms. The molecule has 0 aliphatic rings. The molecule has 1 aromatic heterocycles. The number of hydrogen-bond donors (Lipinski definition) is 1. The summed E-state index contributed by atoms with van der Waals surface area (Å²) in [5.41, 5.74) is 0. The minimum atomic E-state index is -3.80. The van der Waals surface area contributed by atoms with Crippen molar-refractivity contribution < 1.29 is 13.2 Å². The predicted molar refractivity (Wildman–Crippen MR) is 97.0 cm³/mol. The van der Waals surface area contributed by atoms with Crippen molar-refractivity contribution in [3.63, 3.8) is 0 Å². The van der Waals surface area contributed by atoms with Crippen molar-refractivity contribution in [1.29, 1.82) is 0 Å². The number of benzene rings is 1. The molecule has 2 aromatic rings. The Bertz CT molecular complexity index is 778. The van der Waals surface area contributed by atoms with Crippen LogP contribution in [0.25, 0.3) is 0 Å². The van der Waals surface area contributed by atoms with Crippen molar-refractivity contribution in [2.45, 2.75) is 23.1 Å². The smallest absolute Gasteiger partial charge is 0.267 e. The summed E-state index contributed by atoms with van der Waals surface area (Å²) in [6.07, 6.45) is 0. The van der Waals surface area contributed by atoms with Gasteiger partial charge < -0.3 is 4.74 Å². The Balaban J connectivity index is 2.20. The van der Waals surface area contributed by atoms with Crippen LogP contribution in [-0.4, -0.2) is 31.5 Å². The van der Waals surface area contributed by atoms with Crippen molar-refractivity contribution in [3.05, 3.63) is 22.7 Å². The Morgan fingerprint density at radius 3 is 2.78 bits per heavy atom. The molecule has 2 rings (SSSR count). The third kappa shape index (κ3) is 5.07. The van der Waals surface area contributed by atoms with Crippen LogP contribution in [0.15, 0.2) is 31.9 Å². The Hall–Kier alpha value is -0.840. The number of thioether (sulfide) groups is 1. The van der Waals surface area contributed by atoms with E-state index >= 15 is 0 Å². The van der Waals surface area contributed by atoms with Crippen LogP contribution in [0.5, 0.6) is 5.75 Å². The number of rotatable bonds is 7. The average molecular weight is 438 g/mol. The number of sulfonamides is 1. The molecule has 0 atom stereocenters. The first-order valence-electron chi connectivity index (χ1n) is 6.64. The lowest BCUT2D eigenvalue weighted by atomic mass is 10.3. The fourth-order valence-corrected chi connectivity index (χ4v) is 5.24. The van der Waals surface area contributed by atoms with Gasteiger partial charge in [0.2, 0.25) is 5.13 Å². The molecule has 0 saturated carbocycles. The van der Waals surface area contributed by atoms with E-state index in [1.165, 1.54) is 24.5 Å². The molecule has 1 N–H and O–H groups in total. The fraction of sp³-hybridized carbons (Fsp3) is 0.385. The number of anilines is 1. The van der Waals surface area contributed by atoms with Gasteiger partial charge in [-0.05, 0) is 24.1 Å². The van der Waals surface area contributed by atoms with E-state index in [2.05, 4.69) is 44.7 Å². The number of nitrogens with zero attached hydrogens (tertiary/aromatic N) is 2. The Labute approximate surface area is 152 Å². The summed E-state index contributed by atoms with van der Waals surface area (Å²) in [6, 6.07) is 4.78. The maximum atomic E-state index is 12.5. The Morgan fingerprint density at radius 2 is 2.13 bits per heavy atom. The van der Waals surface area contributed by atoms with Crippen molar-refractivity contribution in [3.8, 4) is 5.75 Å². The molecule has 0 fully saturated rings. The van der Waals surface area contributed by atoms with Crippen molar-refractivity contribution in [2.75, 3.05) is 17.6 Å². The summed E-state index contributed by atoms with van der Waals surface area (Å²) in [5, 5.41) is 8.11. The molecule has 1 heterocycles. The van der Waals surface area contributed by atoms with E-state index in [1.807, 2.05) is 0 Å². The van der Waals surface area contributed by atoms with Crippen LogP contribution in [0.3, 0.4) is 0 Å². The van der Waals surface area contributed by atoms with Crippen molar-refractivity contribution in [2.24, 2.45) is 5.92 Å². The highest BCUT2D eigenvalue weighted by molar-refractivity contribution is 9.10. The molecule has 0 saturated heterocycles. The molecule has 1 aromatic carbocycles. The van der Waals surface area contributed by atoms with Gasteiger partial charge in [0.15, 0.2) is 4.34 Å². The maximum absolute atomic E-state index is 12.5. The number of nitrogens with one attached hydrogen (secondary N) is 1. The van der Waals surface area contributed by atoms with Gasteiger partial charge in [-0.2, -0.15) is 0 Å². The highest BCUT2D eigenvalue weighted by atomic mass is 79.9. The van der Waals surface area contributed by atoms with Crippen LogP contribution in [0.1, 0.15) is 13.8 Å². The topological polar surface area (TPSA) is 81.2 Å². The predicted octanol–water partition coefficient (Wildman–Crippen LogP) is 3.86. The lowest BCUT2D eigenvalue weighted by Crippen LogP contribution is -2.14. The fourth-order valence-electron chi connectivity index (χ4n) is 1.58. The summed E-state index contributed by atoms with van der Waals surface area (Å²) >= 11 is 6.04. The summed E-state index contributed by atoms with van der Waals surface area (Å²) in [7, 11) is -2.38. The second-order valence-corrected chi connectivity index (χ2v) is 9.79. The van der Waals surface area contributed by atoms with Crippen molar-refractivity contribution in [1.82, 2.24) is 10.2 Å². The van der Waals surface area contributed by atoms with Crippen LogP contribution >= 0.6 is 39.0 Å². The molecule has 0 unspecified atom stereocenters. The van der Waals surface area contributed by atoms with Crippen LogP contribution in [0, 0.1) is 5.92 Å². The summed E-state index contributed by atoms with van der Waals surface area (Å²) in [6.45, 7) is 4.22. The van der Waals surface area contributed by atoms with Gasteiger partial charge >= 0.3 is 0 Å². The van der Waals surface area contributed by atoms with Gasteiger partial charge in [0, 0.05) is 10.2 Å². The largest absolute Gasteiger partial charge is 0.495 e. The Kier molecular flexibility index (Phi) is 6.29. The molecular formula is C13H16BrN3O3S3. The average Bonchev–Trinajstić information content (AvgIpc) is 2.92. The van der Waals surface area contributed by atoms with Gasteiger partial charge in [-0.15, -0.1) is 10.2 Å². The number of ether oxygens (including phenoxy) is 1. The van der Waals surface area contributed by atoms with E-state index < -0.39 is 10.0 Å². The van der Waals surface area contributed by atoms with Gasteiger partial charge in [0.05, 0.1) is 7.11 Å². The molecule has 0 radical (unpaired) electrons. The van der Waals surface area contributed by atoms with Crippen LogP contribution < -0.4 is 9.46 Å². The summed E-state index contributed by atoms with van der Waals surface area (Å²) < 4.78 is 34.0. The zero-order valence-electron chi connectivity index (χ0n) is 12.7. The van der Waals surface area contributed by atoms with Crippen molar-refractivity contribution >= 4 is 54.2 Å². The highest BCUT2D eigenvalue weighted by Crippen LogP contribution is 2.31. The SMILES string of the molecule is COc1ccc(Br)cc1S(=O)(=O)Nc1nnc(SCC(C)C)s1. The van der Waals surface area contributed by atoms with Crippen LogP contribution in [-0.2, 0) is 10.0 Å². The first-order valence-corrected chi connectivity index (χ1v) is 10.7. The van der Waals surface area contributed by atoms with Crippen LogP contribution in [0.2, 0.25) is 0 Å². The second kappa shape index (κ2) is 7.82. The van der Waals surface area contributed by atoms with E-state index in [1.54, 1.807) is 23.9 Å². The third-order valence-corrected chi connectivity index (χ3v) is 6.96. The number of hydrogen-bond acceptors (Lipinski definition) is 7. The molecule has 6 nitrogen and oxygen atoms in total. The molecule has 0 spiro atoms. The number of halogens is 1. The quantitative estimate of drug-likeness (QED) is 0.662. The van der Waals surface area contributed by atoms with Gasteiger partial charge in [0.1, 0.15) is 10.6 Å². The standard InChI is InChI=1S/C13H16BrN3O3S3/c1-8(2)7-21-13-16-15-12(22-13)17-23(18,19)11-6-9(14)4-5-10(11)20-3/h4-6,8H,7H2,1-3H3,(H,15,17). The molecule has 23 heavy (non-hydrogen) atoms. The normalized spacial score (nSPS) is 11.7. The summed E-state index contributed by atoms with van der Waals surface area (Å²) in [4.78, 5) is 0.0426. The van der Waals surface area contributed by atoms with E-state index in [0.29, 0.717) is 10.4 Å². The number of methoxy groups -OCH3 is 1. The third-order valence-electron chi connectivity index (χ3n) is 2.58. The summed E-state index contributed by atoms with van der Waals surface area (Å²) in [5.74, 6) is 1.69. The van der Waals surface area contributed by atoms with E-state index in [0.717, 1.165) is 10.1 Å².